The number of ether oxygens (including phenoxy) is 1. The Morgan fingerprint density at radius 3 is 2.56 bits per heavy atom. The van der Waals surface area contributed by atoms with E-state index in [4.69, 9.17) is 16.6 Å². The number of aryl methyl sites for hydroxylation is 1. The highest BCUT2D eigenvalue weighted by Crippen LogP contribution is 2.28. The molecule has 0 aliphatic rings. The summed E-state index contributed by atoms with van der Waals surface area (Å²) in [5.41, 5.74) is 4.10. The minimum absolute atomic E-state index is 0.362. The Bertz CT molecular complexity index is 947. The molecule has 0 saturated carbocycles. The van der Waals surface area contributed by atoms with Crippen LogP contribution >= 0.6 is 23.4 Å². The summed E-state index contributed by atoms with van der Waals surface area (Å²) >= 11 is 7.54. The lowest BCUT2D eigenvalue weighted by molar-refractivity contribution is -0.134. The van der Waals surface area contributed by atoms with Gasteiger partial charge in [-0.15, -0.1) is 0 Å². The van der Waals surface area contributed by atoms with Crippen LogP contribution in [0.15, 0.2) is 72.0 Å². The molecule has 0 saturated heterocycles. The molecule has 0 fully saturated rings. The first-order chi connectivity index (χ1) is 13.1. The zero-order valence-corrected chi connectivity index (χ0v) is 16.6. The number of methoxy groups -OCH3 is 1. The Kier molecular flexibility index (Phi) is 6.37. The van der Waals surface area contributed by atoms with Crippen LogP contribution in [0.4, 0.5) is 0 Å². The lowest BCUT2D eigenvalue weighted by atomic mass is 10.2. The van der Waals surface area contributed by atoms with E-state index in [0.717, 1.165) is 22.1 Å². The fraction of sp³-hybridized carbons (Fsp3) is 0.143. The third-order valence-electron chi connectivity index (χ3n) is 3.89. The average Bonchev–Trinajstić information content (AvgIpc) is 3.10. The molecular weight excluding hydrogens is 380 g/mol. The van der Waals surface area contributed by atoms with Crippen molar-refractivity contribution in [3.63, 3.8) is 0 Å². The van der Waals surface area contributed by atoms with E-state index in [2.05, 4.69) is 40.5 Å². The molecule has 0 unspecified atom stereocenters. The molecule has 1 heterocycles. The van der Waals surface area contributed by atoms with Crippen molar-refractivity contribution in [3.05, 3.63) is 77.5 Å². The molecule has 0 radical (unpaired) electrons. The van der Waals surface area contributed by atoms with Gasteiger partial charge in [-0.25, -0.2) is 9.78 Å². The number of hydrogen-bond acceptors (Lipinski definition) is 4. The largest absolute Gasteiger partial charge is 0.466 e. The van der Waals surface area contributed by atoms with Gasteiger partial charge in [-0.3, -0.25) is 4.57 Å². The van der Waals surface area contributed by atoms with Crippen molar-refractivity contribution in [1.82, 2.24) is 9.55 Å². The van der Waals surface area contributed by atoms with E-state index in [1.807, 2.05) is 30.5 Å². The van der Waals surface area contributed by atoms with E-state index in [9.17, 15) is 4.79 Å². The SMILES string of the molecule is COC(=O)C=CCSc1nc(-c2ccc(Cl)cc2)cn1-c1ccc(C)cc1. The molecule has 1 aromatic heterocycles. The molecule has 27 heavy (non-hydrogen) atoms. The third kappa shape index (κ3) is 5.02. The number of nitrogens with zero attached hydrogens (tertiary/aromatic N) is 2. The fourth-order valence-corrected chi connectivity index (χ4v) is 3.38. The second kappa shape index (κ2) is 8.93. The van der Waals surface area contributed by atoms with Gasteiger partial charge in [0, 0.05) is 34.3 Å². The summed E-state index contributed by atoms with van der Waals surface area (Å²) in [6.07, 6.45) is 5.21. The van der Waals surface area contributed by atoms with Crippen LogP contribution in [-0.4, -0.2) is 28.4 Å². The van der Waals surface area contributed by atoms with E-state index in [1.165, 1.54) is 18.7 Å². The van der Waals surface area contributed by atoms with Crippen molar-refractivity contribution in [2.45, 2.75) is 12.1 Å². The lowest BCUT2D eigenvalue weighted by Crippen LogP contribution is -1.96. The highest BCUT2D eigenvalue weighted by atomic mass is 35.5. The number of esters is 1. The minimum atomic E-state index is -0.362. The third-order valence-corrected chi connectivity index (χ3v) is 5.05. The Morgan fingerprint density at radius 1 is 1.19 bits per heavy atom. The van der Waals surface area contributed by atoms with Crippen LogP contribution in [0.5, 0.6) is 0 Å². The molecule has 0 bridgehead atoms. The van der Waals surface area contributed by atoms with Gasteiger partial charge in [0.15, 0.2) is 5.16 Å². The predicted molar refractivity (Wildman–Crippen MR) is 111 cm³/mol. The Hall–Kier alpha value is -2.50. The molecule has 3 rings (SSSR count). The summed E-state index contributed by atoms with van der Waals surface area (Å²) in [4.78, 5) is 16.0. The average molecular weight is 399 g/mol. The maximum atomic E-state index is 11.2. The second-order valence-electron chi connectivity index (χ2n) is 5.86. The smallest absolute Gasteiger partial charge is 0.330 e. The Morgan fingerprint density at radius 2 is 1.89 bits per heavy atom. The number of carbonyl (C=O) groups is 1. The maximum Gasteiger partial charge on any atom is 0.330 e. The highest BCUT2D eigenvalue weighted by Gasteiger charge is 2.11. The quantitative estimate of drug-likeness (QED) is 0.320. The minimum Gasteiger partial charge on any atom is -0.466 e. The van der Waals surface area contributed by atoms with Gasteiger partial charge < -0.3 is 4.74 Å². The number of carbonyl (C=O) groups excluding carboxylic acids is 1. The van der Waals surface area contributed by atoms with E-state index >= 15 is 0 Å². The summed E-state index contributed by atoms with van der Waals surface area (Å²) in [7, 11) is 1.36. The molecule has 0 aliphatic heterocycles. The van der Waals surface area contributed by atoms with Crippen molar-refractivity contribution < 1.29 is 9.53 Å². The number of aromatic nitrogens is 2. The number of thioether (sulfide) groups is 1. The van der Waals surface area contributed by atoms with E-state index in [1.54, 1.807) is 17.8 Å². The van der Waals surface area contributed by atoms with Gasteiger partial charge in [-0.1, -0.05) is 59.3 Å². The van der Waals surface area contributed by atoms with Crippen LogP contribution in [0.3, 0.4) is 0 Å². The molecule has 2 aromatic carbocycles. The van der Waals surface area contributed by atoms with Crippen molar-refractivity contribution in [1.29, 1.82) is 0 Å². The van der Waals surface area contributed by atoms with Crippen molar-refractivity contribution in [2.24, 2.45) is 0 Å². The van der Waals surface area contributed by atoms with Crippen molar-refractivity contribution in [2.75, 3.05) is 12.9 Å². The molecule has 138 valence electrons. The van der Waals surface area contributed by atoms with Gasteiger partial charge in [-0.2, -0.15) is 0 Å². The molecule has 0 spiro atoms. The summed E-state index contributed by atoms with van der Waals surface area (Å²) < 4.78 is 6.67. The molecule has 6 heteroatoms. The molecule has 0 amide bonds. The lowest BCUT2D eigenvalue weighted by Gasteiger charge is -2.06. The van der Waals surface area contributed by atoms with E-state index < -0.39 is 0 Å². The van der Waals surface area contributed by atoms with Crippen LogP contribution in [0.25, 0.3) is 16.9 Å². The Labute approximate surface area is 167 Å². The zero-order chi connectivity index (χ0) is 19.2. The highest BCUT2D eigenvalue weighted by molar-refractivity contribution is 7.99. The standard InChI is InChI=1S/C21H19ClN2O2S/c1-15-5-11-18(12-6-15)24-14-19(16-7-9-17(22)10-8-16)23-21(24)27-13-3-4-20(25)26-2/h3-12,14H,13H2,1-2H3. The van der Waals surface area contributed by atoms with Crippen LogP contribution in [-0.2, 0) is 9.53 Å². The zero-order valence-electron chi connectivity index (χ0n) is 15.1. The number of benzene rings is 2. The van der Waals surface area contributed by atoms with Crippen molar-refractivity contribution in [3.8, 4) is 16.9 Å². The summed E-state index contributed by atoms with van der Waals surface area (Å²) in [5.74, 6) is 0.247. The summed E-state index contributed by atoms with van der Waals surface area (Å²) in [5, 5.41) is 1.54. The van der Waals surface area contributed by atoms with Gasteiger partial charge in [0.2, 0.25) is 0 Å². The van der Waals surface area contributed by atoms with Crippen LogP contribution in [0, 0.1) is 6.92 Å². The molecule has 3 aromatic rings. The maximum absolute atomic E-state index is 11.2. The molecule has 4 nitrogen and oxygen atoms in total. The molecule has 0 N–H and O–H groups in total. The molecule has 0 aliphatic carbocycles. The summed E-state index contributed by atoms with van der Waals surface area (Å²) in [6, 6.07) is 15.9. The number of imidazole rings is 1. The molecule has 0 atom stereocenters. The Balaban J connectivity index is 1.91. The number of hydrogen-bond donors (Lipinski definition) is 0. The van der Waals surface area contributed by atoms with Gasteiger partial charge >= 0.3 is 5.97 Å². The van der Waals surface area contributed by atoms with Crippen LogP contribution < -0.4 is 0 Å². The summed E-state index contributed by atoms with van der Waals surface area (Å²) in [6.45, 7) is 2.06. The first-order valence-corrected chi connectivity index (χ1v) is 9.73. The van der Waals surface area contributed by atoms with Crippen LogP contribution in [0.1, 0.15) is 5.56 Å². The number of rotatable bonds is 6. The van der Waals surface area contributed by atoms with Gasteiger partial charge in [0.05, 0.1) is 12.8 Å². The van der Waals surface area contributed by atoms with Gasteiger partial charge in [-0.05, 0) is 31.2 Å². The van der Waals surface area contributed by atoms with E-state index in [0.29, 0.717) is 10.8 Å². The van der Waals surface area contributed by atoms with E-state index in [-0.39, 0.29) is 5.97 Å². The molecular formula is C21H19ClN2O2S. The second-order valence-corrected chi connectivity index (χ2v) is 7.28. The monoisotopic (exact) mass is 398 g/mol. The van der Waals surface area contributed by atoms with Gasteiger partial charge in [0.25, 0.3) is 0 Å². The fourth-order valence-electron chi connectivity index (χ4n) is 2.45. The first-order valence-electron chi connectivity index (χ1n) is 8.36. The first kappa shape index (κ1) is 19.3. The number of halogens is 1. The van der Waals surface area contributed by atoms with Crippen LogP contribution in [0.2, 0.25) is 5.02 Å². The predicted octanol–water partition coefficient (Wildman–Crippen LogP) is 5.32. The topological polar surface area (TPSA) is 44.1 Å². The van der Waals surface area contributed by atoms with Gasteiger partial charge in [0.1, 0.15) is 0 Å². The normalized spacial score (nSPS) is 11.1. The van der Waals surface area contributed by atoms with Crippen molar-refractivity contribution >= 4 is 29.3 Å².